The SMILES string of the molecule is CS(=O)(=O)c1ccccc1-c1ccc(C(=O)Cc2ccccc2C(=O)Nc2ccc(Cl)cn2)cc1. The van der Waals surface area contributed by atoms with Gasteiger partial charge in [0.2, 0.25) is 0 Å². The second kappa shape index (κ2) is 10.2. The van der Waals surface area contributed by atoms with E-state index in [1.54, 1.807) is 84.9 Å². The lowest BCUT2D eigenvalue weighted by molar-refractivity contribution is 0.0992. The molecule has 1 aromatic heterocycles. The van der Waals surface area contributed by atoms with E-state index in [1.165, 1.54) is 12.5 Å². The predicted octanol–water partition coefficient (Wildman–Crippen LogP) is 5.48. The molecule has 1 heterocycles. The summed E-state index contributed by atoms with van der Waals surface area (Å²) in [5, 5.41) is 3.17. The molecule has 1 N–H and O–H groups in total. The van der Waals surface area contributed by atoms with Gasteiger partial charge < -0.3 is 5.32 Å². The Morgan fingerprint density at radius 1 is 0.886 bits per heavy atom. The maximum atomic E-state index is 13.0. The minimum Gasteiger partial charge on any atom is -0.307 e. The van der Waals surface area contributed by atoms with Gasteiger partial charge in [-0.05, 0) is 35.4 Å². The van der Waals surface area contributed by atoms with Crippen LogP contribution in [0.5, 0.6) is 0 Å². The van der Waals surface area contributed by atoms with Crippen molar-refractivity contribution in [2.75, 3.05) is 11.6 Å². The number of aromatic nitrogens is 1. The van der Waals surface area contributed by atoms with E-state index < -0.39 is 9.84 Å². The van der Waals surface area contributed by atoms with Crippen molar-refractivity contribution in [2.45, 2.75) is 11.3 Å². The lowest BCUT2D eigenvalue weighted by Gasteiger charge is -2.11. The number of amides is 1. The number of rotatable bonds is 7. The van der Waals surface area contributed by atoms with E-state index in [0.29, 0.717) is 38.7 Å². The Kier molecular flexibility index (Phi) is 7.10. The van der Waals surface area contributed by atoms with Crippen molar-refractivity contribution in [3.05, 3.63) is 113 Å². The largest absolute Gasteiger partial charge is 0.307 e. The first-order chi connectivity index (χ1) is 16.7. The molecule has 0 aliphatic rings. The van der Waals surface area contributed by atoms with Crippen LogP contribution in [0, 0.1) is 0 Å². The second-order valence-electron chi connectivity index (χ2n) is 7.92. The number of anilines is 1. The van der Waals surface area contributed by atoms with Crippen LogP contribution in [0.4, 0.5) is 5.82 Å². The van der Waals surface area contributed by atoms with Crippen molar-refractivity contribution in [1.82, 2.24) is 4.98 Å². The fourth-order valence-corrected chi connectivity index (χ4v) is 4.69. The van der Waals surface area contributed by atoms with Crippen molar-refractivity contribution >= 4 is 38.9 Å². The molecular formula is C27H21ClN2O4S. The highest BCUT2D eigenvalue weighted by Gasteiger charge is 2.17. The molecule has 0 bridgehead atoms. The molecule has 0 radical (unpaired) electrons. The normalized spacial score (nSPS) is 11.1. The summed E-state index contributed by atoms with van der Waals surface area (Å²) in [6.07, 6.45) is 2.63. The maximum absolute atomic E-state index is 13.0. The number of ketones is 1. The minimum absolute atomic E-state index is 0.0247. The van der Waals surface area contributed by atoms with E-state index in [0.717, 1.165) is 0 Å². The zero-order chi connectivity index (χ0) is 25.0. The highest BCUT2D eigenvalue weighted by atomic mass is 35.5. The number of benzene rings is 3. The first kappa shape index (κ1) is 24.3. The number of halogens is 1. The Hall–Kier alpha value is -3.81. The quantitative estimate of drug-likeness (QED) is 0.336. The third-order valence-corrected chi connectivity index (χ3v) is 6.76. The van der Waals surface area contributed by atoms with E-state index in [-0.39, 0.29) is 23.0 Å². The van der Waals surface area contributed by atoms with Gasteiger partial charge in [0.1, 0.15) is 5.82 Å². The van der Waals surface area contributed by atoms with Crippen LogP contribution in [-0.4, -0.2) is 31.3 Å². The van der Waals surface area contributed by atoms with Gasteiger partial charge in [-0.15, -0.1) is 0 Å². The van der Waals surface area contributed by atoms with Gasteiger partial charge in [-0.2, -0.15) is 0 Å². The molecule has 35 heavy (non-hydrogen) atoms. The van der Waals surface area contributed by atoms with Gasteiger partial charge in [0.25, 0.3) is 5.91 Å². The van der Waals surface area contributed by atoms with Crippen LogP contribution in [0.1, 0.15) is 26.3 Å². The highest BCUT2D eigenvalue weighted by Crippen LogP contribution is 2.28. The minimum atomic E-state index is -3.40. The molecule has 176 valence electrons. The van der Waals surface area contributed by atoms with E-state index in [4.69, 9.17) is 11.6 Å². The topological polar surface area (TPSA) is 93.2 Å². The van der Waals surface area contributed by atoms with Crippen LogP contribution >= 0.6 is 11.6 Å². The molecule has 4 rings (SSSR count). The number of carbonyl (C=O) groups excluding carboxylic acids is 2. The molecule has 0 fully saturated rings. The van der Waals surface area contributed by atoms with Gasteiger partial charge in [-0.3, -0.25) is 9.59 Å². The molecule has 0 saturated heterocycles. The third kappa shape index (κ3) is 5.82. The predicted molar refractivity (Wildman–Crippen MR) is 137 cm³/mol. The van der Waals surface area contributed by atoms with Gasteiger partial charge >= 0.3 is 0 Å². The van der Waals surface area contributed by atoms with Crippen LogP contribution in [0.15, 0.2) is 96.0 Å². The molecule has 4 aromatic rings. The van der Waals surface area contributed by atoms with Crippen LogP contribution in [0.25, 0.3) is 11.1 Å². The van der Waals surface area contributed by atoms with Gasteiger partial charge in [0, 0.05) is 35.6 Å². The zero-order valence-electron chi connectivity index (χ0n) is 18.7. The van der Waals surface area contributed by atoms with Crippen LogP contribution < -0.4 is 5.32 Å². The van der Waals surface area contributed by atoms with Crippen LogP contribution in [0.2, 0.25) is 5.02 Å². The van der Waals surface area contributed by atoms with Gasteiger partial charge in [-0.25, -0.2) is 13.4 Å². The standard InChI is InChI=1S/C27H21ClN2O4S/c1-35(33,34)25-9-5-4-7-22(25)18-10-12-19(13-11-18)24(31)16-20-6-2-3-8-23(20)27(32)30-26-15-14-21(28)17-29-26/h2-15,17H,16H2,1H3,(H,29,30,32). The molecule has 0 atom stereocenters. The number of sulfone groups is 1. The summed E-state index contributed by atoms with van der Waals surface area (Å²) in [5.74, 6) is -0.195. The van der Waals surface area contributed by atoms with Crippen molar-refractivity contribution in [2.24, 2.45) is 0 Å². The van der Waals surface area contributed by atoms with Crippen molar-refractivity contribution in [1.29, 1.82) is 0 Å². The number of hydrogen-bond acceptors (Lipinski definition) is 5. The summed E-state index contributed by atoms with van der Waals surface area (Å²) in [4.78, 5) is 30.1. The first-order valence-electron chi connectivity index (χ1n) is 10.7. The van der Waals surface area contributed by atoms with Crippen molar-refractivity contribution < 1.29 is 18.0 Å². The zero-order valence-corrected chi connectivity index (χ0v) is 20.3. The molecule has 3 aromatic carbocycles. The monoisotopic (exact) mass is 504 g/mol. The van der Waals surface area contributed by atoms with Crippen molar-refractivity contribution in [3.8, 4) is 11.1 Å². The number of nitrogens with one attached hydrogen (secondary N) is 1. The fourth-order valence-electron chi connectivity index (χ4n) is 3.67. The van der Waals surface area contributed by atoms with E-state index in [9.17, 15) is 18.0 Å². The van der Waals surface area contributed by atoms with E-state index in [1.807, 2.05) is 0 Å². The van der Waals surface area contributed by atoms with Crippen molar-refractivity contribution in [3.63, 3.8) is 0 Å². The van der Waals surface area contributed by atoms with Gasteiger partial charge in [0.15, 0.2) is 15.6 Å². The van der Waals surface area contributed by atoms with E-state index in [2.05, 4.69) is 10.3 Å². The molecule has 0 unspecified atom stereocenters. The van der Waals surface area contributed by atoms with Crippen LogP contribution in [-0.2, 0) is 16.3 Å². The Morgan fingerprint density at radius 3 is 2.26 bits per heavy atom. The molecule has 0 aliphatic heterocycles. The average molecular weight is 505 g/mol. The number of pyridine rings is 1. The summed E-state index contributed by atoms with van der Waals surface area (Å²) in [7, 11) is -3.40. The highest BCUT2D eigenvalue weighted by molar-refractivity contribution is 7.90. The number of Topliss-reactive ketones (excluding diaryl/α,β-unsaturated/α-hetero) is 1. The Bertz CT molecular complexity index is 1500. The summed E-state index contributed by atoms with van der Waals surface area (Å²) >= 11 is 5.84. The molecule has 8 heteroatoms. The molecule has 1 amide bonds. The Balaban J connectivity index is 1.53. The fraction of sp³-hybridized carbons (Fsp3) is 0.0741. The average Bonchev–Trinajstić information content (AvgIpc) is 2.85. The number of carbonyl (C=O) groups is 2. The molecule has 6 nitrogen and oxygen atoms in total. The lowest BCUT2D eigenvalue weighted by atomic mass is 9.96. The molecule has 0 aliphatic carbocycles. The smallest absolute Gasteiger partial charge is 0.257 e. The first-order valence-corrected chi connectivity index (χ1v) is 12.9. The van der Waals surface area contributed by atoms with Gasteiger partial charge in [0.05, 0.1) is 9.92 Å². The Labute approximate surface area is 208 Å². The summed E-state index contributed by atoms with van der Waals surface area (Å²) in [5.41, 5.74) is 2.68. The lowest BCUT2D eigenvalue weighted by Crippen LogP contribution is -2.16. The van der Waals surface area contributed by atoms with E-state index >= 15 is 0 Å². The third-order valence-electron chi connectivity index (χ3n) is 5.39. The molecular weight excluding hydrogens is 484 g/mol. The van der Waals surface area contributed by atoms with Gasteiger partial charge in [-0.1, -0.05) is 72.3 Å². The second-order valence-corrected chi connectivity index (χ2v) is 10.3. The molecule has 0 saturated carbocycles. The Morgan fingerprint density at radius 2 is 1.57 bits per heavy atom. The maximum Gasteiger partial charge on any atom is 0.257 e. The summed E-state index contributed by atoms with van der Waals surface area (Å²) < 4.78 is 24.3. The summed E-state index contributed by atoms with van der Waals surface area (Å²) in [6.45, 7) is 0. The number of hydrogen-bond donors (Lipinski definition) is 1. The van der Waals surface area contributed by atoms with Crippen LogP contribution in [0.3, 0.4) is 0 Å². The molecule has 0 spiro atoms. The number of nitrogens with zero attached hydrogens (tertiary/aromatic N) is 1. The summed E-state index contributed by atoms with van der Waals surface area (Å²) in [6, 6.07) is 23.6.